The molecule has 0 unspecified atom stereocenters. The lowest BCUT2D eigenvalue weighted by molar-refractivity contribution is -0.138. The molecule has 1 aromatic rings. The van der Waals surface area contributed by atoms with Crippen LogP contribution >= 0.6 is 15.9 Å². The zero-order valence-electron chi connectivity index (χ0n) is 11.8. The number of carboxylic acid groups (broad SMARTS) is 1. The predicted molar refractivity (Wildman–Crippen MR) is 82.4 cm³/mol. The van der Waals surface area contributed by atoms with Crippen LogP contribution in [0.15, 0.2) is 28.7 Å². The first kappa shape index (κ1) is 17.5. The minimum atomic E-state index is -1.05. The topological polar surface area (TPSA) is 78.9 Å². The highest BCUT2D eigenvalue weighted by molar-refractivity contribution is 9.10. The number of benzene rings is 1. The molecular weight excluding hydrogens is 340 g/mol. The second-order valence-corrected chi connectivity index (χ2v) is 5.26. The third-order valence-corrected chi connectivity index (χ3v) is 3.27. The van der Waals surface area contributed by atoms with Crippen LogP contribution in [-0.2, 0) is 9.59 Å². The SMILES string of the molecule is CCN(CCOc1ccc(Br)cc1)CC(=O)NCC(=O)O. The van der Waals surface area contributed by atoms with E-state index < -0.39 is 5.97 Å². The van der Waals surface area contributed by atoms with E-state index in [0.717, 1.165) is 10.2 Å². The predicted octanol–water partition coefficient (Wildman–Crippen LogP) is 1.35. The molecule has 0 heterocycles. The van der Waals surface area contributed by atoms with Gasteiger partial charge in [0.15, 0.2) is 0 Å². The third-order valence-electron chi connectivity index (χ3n) is 2.74. The van der Waals surface area contributed by atoms with Crippen LogP contribution in [0.5, 0.6) is 5.75 Å². The standard InChI is InChI=1S/C14H19BrN2O4/c1-2-17(10-13(18)16-9-14(19)20)7-8-21-12-5-3-11(15)4-6-12/h3-6H,2,7-10H2,1H3,(H,16,18)(H,19,20). The van der Waals surface area contributed by atoms with Gasteiger partial charge in [-0.3, -0.25) is 14.5 Å². The highest BCUT2D eigenvalue weighted by Gasteiger charge is 2.10. The number of carbonyl (C=O) groups is 2. The lowest BCUT2D eigenvalue weighted by Crippen LogP contribution is -2.40. The maximum Gasteiger partial charge on any atom is 0.322 e. The van der Waals surface area contributed by atoms with Crippen LogP contribution in [0.3, 0.4) is 0 Å². The average molecular weight is 359 g/mol. The minimum Gasteiger partial charge on any atom is -0.492 e. The number of nitrogens with zero attached hydrogens (tertiary/aromatic N) is 1. The van der Waals surface area contributed by atoms with Gasteiger partial charge in [-0.2, -0.15) is 0 Å². The Morgan fingerprint density at radius 3 is 2.57 bits per heavy atom. The van der Waals surface area contributed by atoms with Crippen molar-refractivity contribution in [2.24, 2.45) is 0 Å². The molecule has 0 saturated heterocycles. The third kappa shape index (κ3) is 7.67. The van der Waals surface area contributed by atoms with Gasteiger partial charge in [0.05, 0.1) is 6.54 Å². The van der Waals surface area contributed by atoms with Crippen LogP contribution in [0.2, 0.25) is 0 Å². The van der Waals surface area contributed by atoms with E-state index in [-0.39, 0.29) is 19.0 Å². The van der Waals surface area contributed by atoms with Gasteiger partial charge in [-0.25, -0.2) is 0 Å². The van der Waals surface area contributed by atoms with E-state index >= 15 is 0 Å². The average Bonchev–Trinajstić information content (AvgIpc) is 2.46. The summed E-state index contributed by atoms with van der Waals surface area (Å²) in [6.45, 7) is 3.47. The Bertz CT molecular complexity index is 465. The number of carbonyl (C=O) groups excluding carboxylic acids is 1. The molecule has 7 heteroatoms. The minimum absolute atomic E-state index is 0.160. The van der Waals surface area contributed by atoms with Crippen molar-refractivity contribution in [3.05, 3.63) is 28.7 Å². The Balaban J connectivity index is 2.28. The Hall–Kier alpha value is -1.60. The monoisotopic (exact) mass is 358 g/mol. The molecule has 1 aromatic carbocycles. The first-order valence-corrected chi connectivity index (χ1v) is 7.39. The molecule has 0 radical (unpaired) electrons. The Morgan fingerprint density at radius 2 is 2.00 bits per heavy atom. The van der Waals surface area contributed by atoms with Crippen LogP contribution < -0.4 is 10.1 Å². The van der Waals surface area contributed by atoms with Crippen molar-refractivity contribution in [3.63, 3.8) is 0 Å². The van der Waals surface area contributed by atoms with Gasteiger partial charge < -0.3 is 15.2 Å². The number of halogens is 1. The van der Waals surface area contributed by atoms with Gasteiger partial charge in [-0.15, -0.1) is 0 Å². The van der Waals surface area contributed by atoms with E-state index in [0.29, 0.717) is 19.7 Å². The van der Waals surface area contributed by atoms with E-state index in [1.54, 1.807) is 0 Å². The zero-order valence-corrected chi connectivity index (χ0v) is 13.4. The van der Waals surface area contributed by atoms with Crippen LogP contribution in [0, 0.1) is 0 Å². The van der Waals surface area contributed by atoms with E-state index in [9.17, 15) is 9.59 Å². The van der Waals surface area contributed by atoms with Crippen LogP contribution in [0.25, 0.3) is 0 Å². The molecular formula is C14H19BrN2O4. The summed E-state index contributed by atoms with van der Waals surface area (Å²) < 4.78 is 6.57. The van der Waals surface area contributed by atoms with Gasteiger partial charge in [-0.05, 0) is 30.8 Å². The fourth-order valence-corrected chi connectivity index (χ4v) is 1.87. The van der Waals surface area contributed by atoms with Gasteiger partial charge in [-0.1, -0.05) is 22.9 Å². The van der Waals surface area contributed by atoms with Crippen LogP contribution in [-0.4, -0.2) is 54.7 Å². The van der Waals surface area contributed by atoms with Gasteiger partial charge in [0.1, 0.15) is 18.9 Å². The Labute approximate surface area is 132 Å². The summed E-state index contributed by atoms with van der Waals surface area (Å²) in [6.07, 6.45) is 0. The number of amides is 1. The van der Waals surface area contributed by atoms with Crippen molar-refractivity contribution >= 4 is 27.8 Å². The fraction of sp³-hybridized carbons (Fsp3) is 0.429. The normalized spacial score (nSPS) is 10.4. The molecule has 0 aromatic heterocycles. The Morgan fingerprint density at radius 1 is 1.33 bits per heavy atom. The molecule has 0 atom stereocenters. The van der Waals surface area contributed by atoms with Crippen molar-refractivity contribution in [2.75, 3.05) is 32.8 Å². The van der Waals surface area contributed by atoms with Crippen molar-refractivity contribution in [1.29, 1.82) is 0 Å². The summed E-state index contributed by atoms with van der Waals surface area (Å²) in [7, 11) is 0. The van der Waals surface area contributed by atoms with Crippen molar-refractivity contribution < 1.29 is 19.4 Å². The molecule has 116 valence electrons. The molecule has 6 nitrogen and oxygen atoms in total. The maximum absolute atomic E-state index is 11.5. The molecule has 0 aliphatic carbocycles. The molecule has 0 aliphatic rings. The van der Waals surface area contributed by atoms with E-state index in [4.69, 9.17) is 9.84 Å². The number of hydrogen-bond acceptors (Lipinski definition) is 4. The van der Waals surface area contributed by atoms with Crippen LogP contribution in [0.4, 0.5) is 0 Å². The highest BCUT2D eigenvalue weighted by atomic mass is 79.9. The number of rotatable bonds is 9. The number of likely N-dealkylation sites (N-methyl/N-ethyl adjacent to an activating group) is 1. The van der Waals surface area contributed by atoms with Crippen LogP contribution in [0.1, 0.15) is 6.92 Å². The smallest absolute Gasteiger partial charge is 0.322 e. The quantitative estimate of drug-likeness (QED) is 0.696. The van der Waals surface area contributed by atoms with Gasteiger partial charge in [0.2, 0.25) is 5.91 Å². The maximum atomic E-state index is 11.5. The second kappa shape index (κ2) is 9.36. The zero-order chi connectivity index (χ0) is 15.7. The summed E-state index contributed by atoms with van der Waals surface area (Å²) in [5, 5.41) is 10.8. The number of nitrogens with one attached hydrogen (secondary N) is 1. The first-order valence-electron chi connectivity index (χ1n) is 6.60. The summed E-state index contributed by atoms with van der Waals surface area (Å²) in [5.74, 6) is -0.586. The number of ether oxygens (including phenoxy) is 1. The molecule has 1 amide bonds. The fourth-order valence-electron chi connectivity index (χ4n) is 1.61. The number of aliphatic carboxylic acids is 1. The van der Waals surface area contributed by atoms with Gasteiger partial charge in [0, 0.05) is 11.0 Å². The summed E-state index contributed by atoms with van der Waals surface area (Å²) >= 11 is 3.35. The van der Waals surface area contributed by atoms with Crippen molar-refractivity contribution in [1.82, 2.24) is 10.2 Å². The largest absolute Gasteiger partial charge is 0.492 e. The van der Waals surface area contributed by atoms with Crippen molar-refractivity contribution in [2.45, 2.75) is 6.92 Å². The summed E-state index contributed by atoms with van der Waals surface area (Å²) in [5.41, 5.74) is 0. The molecule has 0 aliphatic heterocycles. The molecule has 1 rings (SSSR count). The lowest BCUT2D eigenvalue weighted by Gasteiger charge is -2.19. The molecule has 0 bridgehead atoms. The first-order chi connectivity index (χ1) is 10.0. The van der Waals surface area contributed by atoms with Crippen molar-refractivity contribution in [3.8, 4) is 5.75 Å². The van der Waals surface area contributed by atoms with E-state index in [1.807, 2.05) is 36.1 Å². The molecule has 0 fully saturated rings. The number of carboxylic acids is 1. The summed E-state index contributed by atoms with van der Waals surface area (Å²) in [6, 6.07) is 7.51. The van der Waals surface area contributed by atoms with Gasteiger partial charge in [0.25, 0.3) is 0 Å². The highest BCUT2D eigenvalue weighted by Crippen LogP contribution is 2.15. The molecule has 21 heavy (non-hydrogen) atoms. The van der Waals surface area contributed by atoms with E-state index in [1.165, 1.54) is 0 Å². The molecule has 2 N–H and O–H groups in total. The van der Waals surface area contributed by atoms with E-state index in [2.05, 4.69) is 21.2 Å². The Kier molecular flexibility index (Phi) is 7.78. The summed E-state index contributed by atoms with van der Waals surface area (Å²) in [4.78, 5) is 23.8. The second-order valence-electron chi connectivity index (χ2n) is 4.34. The molecule has 0 saturated carbocycles. The van der Waals surface area contributed by atoms with Gasteiger partial charge >= 0.3 is 5.97 Å². The number of hydrogen-bond donors (Lipinski definition) is 2. The molecule has 0 spiro atoms. The lowest BCUT2D eigenvalue weighted by atomic mass is 10.3.